The molecule has 0 saturated carbocycles. The van der Waals surface area contributed by atoms with Gasteiger partial charge in [0, 0.05) is 12.1 Å². The molecule has 0 amide bonds. The fraction of sp³-hybridized carbons (Fsp3) is 0.0476. The summed E-state index contributed by atoms with van der Waals surface area (Å²) < 4.78 is 8.97. The Kier molecular flexibility index (Phi) is 4.04. The van der Waals surface area contributed by atoms with Crippen molar-refractivity contribution in [1.82, 2.24) is 0 Å². The minimum Gasteiger partial charge on any atom is -0.463 e. The van der Waals surface area contributed by atoms with Crippen LogP contribution >= 0.6 is 11.3 Å². The van der Waals surface area contributed by atoms with E-state index in [1.807, 2.05) is 42.5 Å². The summed E-state index contributed by atoms with van der Waals surface area (Å²) in [7, 11) is 0. The second-order valence-electron chi connectivity index (χ2n) is 5.66. The molecule has 2 aromatic carbocycles. The molecule has 0 spiro atoms. The first kappa shape index (κ1) is 15.5. The molecule has 4 aromatic rings. The van der Waals surface area contributed by atoms with E-state index < -0.39 is 0 Å². The molecule has 0 saturated heterocycles. The minimum atomic E-state index is -0.0190. The zero-order chi connectivity index (χ0) is 17.2. The highest BCUT2D eigenvalue weighted by Crippen LogP contribution is 2.22. The quantitative estimate of drug-likeness (QED) is 0.398. The summed E-state index contributed by atoms with van der Waals surface area (Å²) in [5.74, 6) is 0. The number of nitrogens with zero attached hydrogens (tertiary/aromatic N) is 1. The average Bonchev–Trinajstić information content (AvgIpc) is 3.00. The molecule has 0 aliphatic carbocycles. The van der Waals surface area contributed by atoms with E-state index in [0.717, 1.165) is 17.1 Å². The Morgan fingerprint density at radius 1 is 1.08 bits per heavy atom. The Labute approximate surface area is 148 Å². The summed E-state index contributed by atoms with van der Waals surface area (Å²) in [6.45, 7) is 4.56. The molecule has 0 fully saturated rings. The summed E-state index contributed by atoms with van der Waals surface area (Å²) in [6.07, 6.45) is 7.19. The van der Waals surface area contributed by atoms with E-state index in [0.29, 0.717) is 16.5 Å². The standard InChI is InChI=1S/C21H16NO2S/c1-2-13-22-17-8-4-6-10-19(17)25-20(22)12-11-15-14-24-18-9-5-3-7-16(18)21(15)23/h2-12,14H,1,13H2/q+1/b12-11+. The summed E-state index contributed by atoms with van der Waals surface area (Å²) in [5, 5.41) is 1.66. The highest BCUT2D eigenvalue weighted by atomic mass is 32.1. The SMILES string of the molecule is C=CC[n+]1c(/C=C/c2coc3ccccc3c2=O)sc2ccccc21. The Balaban J connectivity index is 1.81. The van der Waals surface area contributed by atoms with Crippen LogP contribution in [0.1, 0.15) is 10.6 Å². The van der Waals surface area contributed by atoms with Gasteiger partial charge < -0.3 is 4.42 Å². The lowest BCUT2D eigenvalue weighted by Gasteiger charge is -1.97. The van der Waals surface area contributed by atoms with Crippen molar-refractivity contribution in [2.45, 2.75) is 6.54 Å². The van der Waals surface area contributed by atoms with Gasteiger partial charge in [-0.25, -0.2) is 0 Å². The van der Waals surface area contributed by atoms with Crippen molar-refractivity contribution in [3.8, 4) is 0 Å². The number of hydrogen-bond acceptors (Lipinski definition) is 3. The van der Waals surface area contributed by atoms with E-state index in [-0.39, 0.29) is 5.43 Å². The maximum atomic E-state index is 12.6. The van der Waals surface area contributed by atoms with Crippen LogP contribution in [0.5, 0.6) is 0 Å². The summed E-state index contributed by atoms with van der Waals surface area (Å²) in [4.78, 5) is 12.6. The van der Waals surface area contributed by atoms with Crippen LogP contribution in [0.25, 0.3) is 33.3 Å². The first-order valence-electron chi connectivity index (χ1n) is 7.99. The van der Waals surface area contributed by atoms with E-state index in [1.54, 1.807) is 23.5 Å². The van der Waals surface area contributed by atoms with Crippen LogP contribution in [0.2, 0.25) is 0 Å². The van der Waals surface area contributed by atoms with Crippen LogP contribution in [0.3, 0.4) is 0 Å². The van der Waals surface area contributed by atoms with E-state index in [4.69, 9.17) is 4.42 Å². The van der Waals surface area contributed by atoms with Gasteiger partial charge >= 0.3 is 0 Å². The molecular weight excluding hydrogens is 330 g/mol. The molecular formula is C21H16NO2S+. The van der Waals surface area contributed by atoms with Crippen molar-refractivity contribution in [2.75, 3.05) is 0 Å². The molecule has 0 aliphatic heterocycles. The lowest BCUT2D eigenvalue weighted by atomic mass is 10.1. The predicted molar refractivity (Wildman–Crippen MR) is 104 cm³/mol. The van der Waals surface area contributed by atoms with Gasteiger partial charge in [-0.2, -0.15) is 4.57 Å². The molecule has 0 aliphatic rings. The molecule has 3 nitrogen and oxygen atoms in total. The number of allylic oxidation sites excluding steroid dienone is 1. The van der Waals surface area contributed by atoms with E-state index >= 15 is 0 Å². The van der Waals surface area contributed by atoms with Crippen LogP contribution in [0, 0.1) is 0 Å². The van der Waals surface area contributed by atoms with Crippen molar-refractivity contribution >= 4 is 44.7 Å². The van der Waals surface area contributed by atoms with Crippen LogP contribution < -0.4 is 10.00 Å². The predicted octanol–water partition coefficient (Wildman–Crippen LogP) is 4.65. The Hall–Kier alpha value is -2.98. The maximum Gasteiger partial charge on any atom is 0.263 e. The second kappa shape index (κ2) is 6.49. The van der Waals surface area contributed by atoms with Gasteiger partial charge in [-0.3, -0.25) is 4.79 Å². The van der Waals surface area contributed by atoms with Crippen LogP contribution in [-0.4, -0.2) is 0 Å². The zero-order valence-electron chi connectivity index (χ0n) is 13.5. The molecule has 25 heavy (non-hydrogen) atoms. The molecule has 0 atom stereocenters. The van der Waals surface area contributed by atoms with Gasteiger partial charge in [0.05, 0.1) is 10.9 Å². The van der Waals surface area contributed by atoms with Crippen molar-refractivity contribution < 1.29 is 8.98 Å². The number of rotatable bonds is 4. The maximum absolute atomic E-state index is 12.6. The largest absolute Gasteiger partial charge is 0.463 e. The number of benzene rings is 2. The first-order valence-corrected chi connectivity index (χ1v) is 8.80. The van der Waals surface area contributed by atoms with Crippen LogP contribution in [0.4, 0.5) is 0 Å². The first-order chi connectivity index (χ1) is 12.3. The topological polar surface area (TPSA) is 34.1 Å². The lowest BCUT2D eigenvalue weighted by molar-refractivity contribution is -0.658. The number of fused-ring (bicyclic) bond motifs is 2. The molecule has 0 unspecified atom stereocenters. The molecule has 0 bridgehead atoms. The number of thiazole rings is 1. The van der Waals surface area contributed by atoms with E-state index in [2.05, 4.69) is 23.3 Å². The molecule has 4 rings (SSSR count). The molecule has 4 heteroatoms. The van der Waals surface area contributed by atoms with Gasteiger partial charge in [0.15, 0.2) is 12.0 Å². The third kappa shape index (κ3) is 2.81. The molecule has 0 N–H and O–H groups in total. The third-order valence-electron chi connectivity index (χ3n) is 4.06. The van der Waals surface area contributed by atoms with Gasteiger partial charge in [0.25, 0.3) is 5.01 Å². The molecule has 122 valence electrons. The van der Waals surface area contributed by atoms with E-state index in [9.17, 15) is 4.79 Å². The van der Waals surface area contributed by atoms with Gasteiger partial charge in [-0.05, 0) is 30.4 Å². The van der Waals surface area contributed by atoms with Crippen molar-refractivity contribution in [3.05, 3.63) is 88.2 Å². The second-order valence-corrected chi connectivity index (χ2v) is 6.72. The van der Waals surface area contributed by atoms with Gasteiger partial charge in [0.1, 0.15) is 16.5 Å². The average molecular weight is 346 g/mol. The Morgan fingerprint density at radius 2 is 1.88 bits per heavy atom. The van der Waals surface area contributed by atoms with Gasteiger partial charge in [-0.15, -0.1) is 0 Å². The van der Waals surface area contributed by atoms with Crippen LogP contribution in [0.15, 0.2) is 76.7 Å². The third-order valence-corrected chi connectivity index (χ3v) is 5.19. The van der Waals surface area contributed by atoms with Crippen molar-refractivity contribution in [3.63, 3.8) is 0 Å². The highest BCUT2D eigenvalue weighted by Gasteiger charge is 2.16. The molecule has 2 heterocycles. The Morgan fingerprint density at radius 3 is 2.76 bits per heavy atom. The fourth-order valence-electron chi connectivity index (χ4n) is 2.86. The van der Waals surface area contributed by atoms with E-state index in [1.165, 1.54) is 11.0 Å². The smallest absolute Gasteiger partial charge is 0.263 e. The zero-order valence-corrected chi connectivity index (χ0v) is 14.3. The monoisotopic (exact) mass is 346 g/mol. The fourth-order valence-corrected chi connectivity index (χ4v) is 3.94. The van der Waals surface area contributed by atoms with Crippen molar-refractivity contribution in [2.24, 2.45) is 0 Å². The summed E-state index contributed by atoms with van der Waals surface area (Å²) in [5.41, 5.74) is 2.29. The Bertz CT molecular complexity index is 1170. The molecule has 0 radical (unpaired) electrons. The van der Waals surface area contributed by atoms with Crippen LogP contribution in [-0.2, 0) is 6.54 Å². The number of aromatic nitrogens is 1. The van der Waals surface area contributed by atoms with Gasteiger partial charge in [0.2, 0.25) is 5.52 Å². The number of hydrogen-bond donors (Lipinski definition) is 0. The minimum absolute atomic E-state index is 0.0190. The lowest BCUT2D eigenvalue weighted by Crippen LogP contribution is -2.33. The summed E-state index contributed by atoms with van der Waals surface area (Å²) in [6, 6.07) is 15.5. The van der Waals surface area contributed by atoms with Gasteiger partial charge in [-0.1, -0.05) is 42.2 Å². The number of para-hydroxylation sites is 2. The molecule has 2 aromatic heterocycles. The van der Waals surface area contributed by atoms with Crippen molar-refractivity contribution in [1.29, 1.82) is 0 Å². The highest BCUT2D eigenvalue weighted by molar-refractivity contribution is 7.18. The summed E-state index contributed by atoms with van der Waals surface area (Å²) >= 11 is 1.69. The normalized spacial score (nSPS) is 11.5.